The maximum absolute atomic E-state index is 6.26. The first-order chi connectivity index (χ1) is 10.0. The number of nitrogens with two attached hydrogens (primary N) is 1. The van der Waals surface area contributed by atoms with Crippen LogP contribution in [-0.4, -0.2) is 6.54 Å². The van der Waals surface area contributed by atoms with Crippen LogP contribution in [-0.2, 0) is 13.0 Å². The van der Waals surface area contributed by atoms with Gasteiger partial charge in [0.2, 0.25) is 0 Å². The van der Waals surface area contributed by atoms with E-state index in [9.17, 15) is 0 Å². The fourth-order valence-corrected chi connectivity index (χ4v) is 2.81. The third-order valence-corrected chi connectivity index (χ3v) is 3.87. The number of rotatable bonds is 5. The average molecular weight is 324 g/mol. The van der Waals surface area contributed by atoms with E-state index in [2.05, 4.69) is 32.0 Å². The number of benzene rings is 2. The second-order valence-corrected chi connectivity index (χ2v) is 5.98. The van der Waals surface area contributed by atoms with Crippen molar-refractivity contribution < 1.29 is 4.74 Å². The third-order valence-electron chi connectivity index (χ3n) is 3.38. The van der Waals surface area contributed by atoms with E-state index in [1.54, 1.807) is 6.07 Å². The monoisotopic (exact) mass is 323 g/mol. The molecule has 0 aliphatic carbocycles. The van der Waals surface area contributed by atoms with Crippen LogP contribution in [0.2, 0.25) is 10.0 Å². The molecule has 2 rings (SSSR count). The maximum Gasteiger partial charge on any atom is 0.141 e. The van der Waals surface area contributed by atoms with Gasteiger partial charge in [-0.05, 0) is 55.6 Å². The molecule has 0 saturated carbocycles. The molecular formula is C17H19Cl2NO. The third kappa shape index (κ3) is 4.13. The zero-order valence-electron chi connectivity index (χ0n) is 12.2. The summed E-state index contributed by atoms with van der Waals surface area (Å²) in [7, 11) is 0. The molecule has 0 aromatic heterocycles. The molecule has 2 aromatic carbocycles. The van der Waals surface area contributed by atoms with Gasteiger partial charge in [-0.1, -0.05) is 47.0 Å². The molecule has 0 spiro atoms. The number of aryl methyl sites for hydroxylation is 2. The smallest absolute Gasteiger partial charge is 0.141 e. The molecule has 2 nitrogen and oxygen atoms in total. The van der Waals surface area contributed by atoms with Gasteiger partial charge in [0.05, 0.1) is 5.02 Å². The van der Waals surface area contributed by atoms with E-state index in [4.69, 9.17) is 33.7 Å². The van der Waals surface area contributed by atoms with Crippen molar-refractivity contribution >= 4 is 23.2 Å². The van der Waals surface area contributed by atoms with Crippen LogP contribution in [0.1, 0.15) is 22.3 Å². The molecule has 0 radical (unpaired) electrons. The second-order valence-electron chi connectivity index (χ2n) is 5.13. The summed E-state index contributed by atoms with van der Waals surface area (Å²) in [6.07, 6.45) is 0.683. The van der Waals surface area contributed by atoms with Gasteiger partial charge in [0, 0.05) is 5.02 Å². The quantitative estimate of drug-likeness (QED) is 0.866. The second kappa shape index (κ2) is 7.17. The van der Waals surface area contributed by atoms with E-state index in [0.717, 1.165) is 11.1 Å². The van der Waals surface area contributed by atoms with Gasteiger partial charge in [-0.3, -0.25) is 0 Å². The molecule has 2 aromatic rings. The van der Waals surface area contributed by atoms with Crippen molar-refractivity contribution in [2.45, 2.75) is 26.9 Å². The standard InChI is InChI=1S/C17H19Cl2NO/c1-11-3-4-12(2)14(7-11)10-21-17-13(5-6-20)8-15(18)9-16(17)19/h3-4,7-9H,5-6,10,20H2,1-2H3. The summed E-state index contributed by atoms with van der Waals surface area (Å²) < 4.78 is 5.95. The Morgan fingerprint density at radius 2 is 1.81 bits per heavy atom. The first kappa shape index (κ1) is 16.2. The van der Waals surface area contributed by atoms with Gasteiger partial charge in [0.1, 0.15) is 12.4 Å². The Balaban J connectivity index is 2.25. The molecule has 0 bridgehead atoms. The summed E-state index contributed by atoms with van der Waals surface area (Å²) in [4.78, 5) is 0. The molecule has 0 amide bonds. The van der Waals surface area contributed by atoms with Gasteiger partial charge >= 0.3 is 0 Å². The Morgan fingerprint density at radius 3 is 2.52 bits per heavy atom. The predicted octanol–water partition coefficient (Wildman–Crippen LogP) is 4.69. The van der Waals surface area contributed by atoms with Gasteiger partial charge in [0.15, 0.2) is 0 Å². The predicted molar refractivity (Wildman–Crippen MR) is 89.5 cm³/mol. The van der Waals surface area contributed by atoms with Crippen molar-refractivity contribution in [3.05, 3.63) is 62.6 Å². The van der Waals surface area contributed by atoms with Crippen LogP contribution in [0.4, 0.5) is 0 Å². The molecule has 0 aliphatic heterocycles. The van der Waals surface area contributed by atoms with Gasteiger partial charge in [-0.25, -0.2) is 0 Å². The van der Waals surface area contributed by atoms with Gasteiger partial charge < -0.3 is 10.5 Å². The number of halogens is 2. The summed E-state index contributed by atoms with van der Waals surface area (Å²) in [5.41, 5.74) is 10.1. The lowest BCUT2D eigenvalue weighted by Crippen LogP contribution is -2.06. The zero-order valence-corrected chi connectivity index (χ0v) is 13.8. The first-order valence-electron chi connectivity index (χ1n) is 6.88. The maximum atomic E-state index is 6.26. The van der Waals surface area contributed by atoms with Crippen molar-refractivity contribution in [2.24, 2.45) is 5.73 Å². The number of hydrogen-bond acceptors (Lipinski definition) is 2. The molecular weight excluding hydrogens is 305 g/mol. The van der Waals surface area contributed by atoms with E-state index in [1.165, 1.54) is 11.1 Å². The van der Waals surface area contributed by atoms with E-state index in [-0.39, 0.29) is 0 Å². The summed E-state index contributed by atoms with van der Waals surface area (Å²) in [5.74, 6) is 0.674. The fraction of sp³-hybridized carbons (Fsp3) is 0.294. The highest BCUT2D eigenvalue weighted by atomic mass is 35.5. The van der Waals surface area contributed by atoms with E-state index in [1.807, 2.05) is 6.07 Å². The highest BCUT2D eigenvalue weighted by Crippen LogP contribution is 2.33. The molecule has 21 heavy (non-hydrogen) atoms. The molecule has 0 heterocycles. The van der Waals surface area contributed by atoms with Crippen LogP contribution in [0.3, 0.4) is 0 Å². The minimum absolute atomic E-state index is 0.479. The van der Waals surface area contributed by atoms with Crippen LogP contribution in [0.25, 0.3) is 0 Å². The highest BCUT2D eigenvalue weighted by molar-refractivity contribution is 6.35. The first-order valence-corrected chi connectivity index (χ1v) is 7.63. The van der Waals surface area contributed by atoms with Crippen molar-refractivity contribution in [2.75, 3.05) is 6.54 Å². The summed E-state index contributed by atoms with van der Waals surface area (Å²) in [6.45, 7) is 5.14. The lowest BCUT2D eigenvalue weighted by molar-refractivity contribution is 0.302. The van der Waals surface area contributed by atoms with Crippen molar-refractivity contribution in [3.8, 4) is 5.75 Å². The molecule has 0 atom stereocenters. The van der Waals surface area contributed by atoms with Crippen LogP contribution < -0.4 is 10.5 Å². The Kier molecular flexibility index (Phi) is 5.51. The molecule has 4 heteroatoms. The van der Waals surface area contributed by atoms with E-state index < -0.39 is 0 Å². The summed E-state index contributed by atoms with van der Waals surface area (Å²) >= 11 is 12.3. The molecule has 0 unspecified atom stereocenters. The topological polar surface area (TPSA) is 35.2 Å². The fourth-order valence-electron chi connectivity index (χ4n) is 2.22. The van der Waals surface area contributed by atoms with Crippen LogP contribution >= 0.6 is 23.2 Å². The Labute approximate surface area is 135 Å². The molecule has 0 saturated heterocycles. The van der Waals surface area contributed by atoms with Crippen molar-refractivity contribution in [1.29, 1.82) is 0 Å². The molecule has 0 aliphatic rings. The van der Waals surface area contributed by atoms with Crippen LogP contribution in [0.5, 0.6) is 5.75 Å². The highest BCUT2D eigenvalue weighted by Gasteiger charge is 2.11. The zero-order chi connectivity index (χ0) is 15.4. The normalized spacial score (nSPS) is 10.7. The number of hydrogen-bond donors (Lipinski definition) is 1. The lowest BCUT2D eigenvalue weighted by atomic mass is 10.1. The average Bonchev–Trinajstić information content (AvgIpc) is 2.41. The molecule has 112 valence electrons. The van der Waals surface area contributed by atoms with Gasteiger partial charge in [-0.15, -0.1) is 0 Å². The lowest BCUT2D eigenvalue weighted by Gasteiger charge is -2.15. The summed E-state index contributed by atoms with van der Waals surface area (Å²) in [6, 6.07) is 9.87. The minimum atomic E-state index is 0.479. The summed E-state index contributed by atoms with van der Waals surface area (Å²) in [5, 5.41) is 1.12. The molecule has 2 N–H and O–H groups in total. The Morgan fingerprint density at radius 1 is 1.05 bits per heavy atom. The van der Waals surface area contributed by atoms with E-state index >= 15 is 0 Å². The van der Waals surface area contributed by atoms with Crippen molar-refractivity contribution in [3.63, 3.8) is 0 Å². The number of ether oxygens (including phenoxy) is 1. The Hall–Kier alpha value is -1.22. The minimum Gasteiger partial charge on any atom is -0.487 e. The van der Waals surface area contributed by atoms with Crippen molar-refractivity contribution in [1.82, 2.24) is 0 Å². The molecule has 0 fully saturated rings. The SMILES string of the molecule is Cc1ccc(C)c(COc2c(Cl)cc(Cl)cc2CCN)c1. The van der Waals surface area contributed by atoms with Gasteiger partial charge in [-0.2, -0.15) is 0 Å². The Bertz CT molecular complexity index is 641. The van der Waals surface area contributed by atoms with Crippen LogP contribution in [0.15, 0.2) is 30.3 Å². The van der Waals surface area contributed by atoms with Gasteiger partial charge in [0.25, 0.3) is 0 Å². The van der Waals surface area contributed by atoms with E-state index in [0.29, 0.717) is 35.4 Å². The van der Waals surface area contributed by atoms with Crippen LogP contribution in [0, 0.1) is 13.8 Å². The largest absolute Gasteiger partial charge is 0.487 e.